The van der Waals surface area contributed by atoms with E-state index in [0.29, 0.717) is 0 Å². The zero-order valence-electron chi connectivity index (χ0n) is 12.8. The SMILES string of the molecule is Cn1ccnc1C(O)C1CCCN(Cc2ccc(Cl)cc2)C1. The molecular formula is C17H22ClN3O. The van der Waals surface area contributed by atoms with E-state index in [1.165, 1.54) is 5.56 Å². The standard InChI is InChI=1S/C17H22ClN3O/c1-20-10-8-19-17(20)16(22)14-3-2-9-21(12-14)11-13-4-6-15(18)7-5-13/h4-8,10,14,16,22H,2-3,9,11-12H2,1H3. The van der Waals surface area contributed by atoms with E-state index in [2.05, 4.69) is 22.0 Å². The van der Waals surface area contributed by atoms with E-state index >= 15 is 0 Å². The van der Waals surface area contributed by atoms with Gasteiger partial charge in [0.05, 0.1) is 0 Å². The Labute approximate surface area is 136 Å². The topological polar surface area (TPSA) is 41.3 Å². The van der Waals surface area contributed by atoms with Crippen LogP contribution in [0.1, 0.15) is 30.3 Å². The van der Waals surface area contributed by atoms with Crippen LogP contribution in [0.2, 0.25) is 5.02 Å². The summed E-state index contributed by atoms with van der Waals surface area (Å²) in [6.45, 7) is 2.88. The highest BCUT2D eigenvalue weighted by atomic mass is 35.5. The number of rotatable bonds is 4. The van der Waals surface area contributed by atoms with E-state index in [-0.39, 0.29) is 5.92 Å². The first-order chi connectivity index (χ1) is 10.6. The van der Waals surface area contributed by atoms with Crippen LogP contribution in [0, 0.1) is 5.92 Å². The summed E-state index contributed by atoms with van der Waals surface area (Å²) in [6, 6.07) is 8.00. The Morgan fingerprint density at radius 3 is 2.82 bits per heavy atom. The van der Waals surface area contributed by atoms with Crippen molar-refractivity contribution in [2.75, 3.05) is 13.1 Å². The van der Waals surface area contributed by atoms with Crippen molar-refractivity contribution in [3.8, 4) is 0 Å². The largest absolute Gasteiger partial charge is 0.385 e. The fourth-order valence-corrected chi connectivity index (χ4v) is 3.34. The van der Waals surface area contributed by atoms with Gasteiger partial charge in [-0.05, 0) is 37.1 Å². The minimum Gasteiger partial charge on any atom is -0.385 e. The number of aliphatic hydroxyl groups excluding tert-OH is 1. The van der Waals surface area contributed by atoms with Crippen LogP contribution in [0.3, 0.4) is 0 Å². The molecule has 0 bridgehead atoms. The Kier molecular flexibility index (Phi) is 4.81. The first kappa shape index (κ1) is 15.5. The van der Waals surface area contributed by atoms with Crippen molar-refractivity contribution in [2.45, 2.75) is 25.5 Å². The molecule has 0 radical (unpaired) electrons. The Bertz CT molecular complexity index is 611. The van der Waals surface area contributed by atoms with Gasteiger partial charge in [0.15, 0.2) is 0 Å². The quantitative estimate of drug-likeness (QED) is 0.942. The second kappa shape index (κ2) is 6.82. The monoisotopic (exact) mass is 319 g/mol. The predicted octanol–water partition coefficient (Wildman–Crippen LogP) is 3.02. The summed E-state index contributed by atoms with van der Waals surface area (Å²) in [7, 11) is 1.93. The van der Waals surface area contributed by atoms with E-state index < -0.39 is 6.10 Å². The lowest BCUT2D eigenvalue weighted by atomic mass is 9.91. The second-order valence-electron chi connectivity index (χ2n) is 6.11. The Hall–Kier alpha value is -1.36. The number of piperidine rings is 1. The minimum atomic E-state index is -0.493. The van der Waals surface area contributed by atoms with E-state index in [4.69, 9.17) is 11.6 Å². The number of halogens is 1. The van der Waals surface area contributed by atoms with Crippen molar-refractivity contribution in [3.63, 3.8) is 0 Å². The average molecular weight is 320 g/mol. The number of aliphatic hydroxyl groups is 1. The number of aromatic nitrogens is 2. The predicted molar refractivity (Wildman–Crippen MR) is 87.6 cm³/mol. The average Bonchev–Trinajstić information content (AvgIpc) is 2.95. The molecule has 1 aliphatic heterocycles. The molecule has 118 valence electrons. The lowest BCUT2D eigenvalue weighted by Gasteiger charge is -2.35. The van der Waals surface area contributed by atoms with Gasteiger partial charge in [-0.15, -0.1) is 0 Å². The molecule has 2 unspecified atom stereocenters. The lowest BCUT2D eigenvalue weighted by Crippen LogP contribution is -2.37. The Morgan fingerprint density at radius 2 is 2.14 bits per heavy atom. The number of imidazole rings is 1. The van der Waals surface area contributed by atoms with Gasteiger partial charge in [0.2, 0.25) is 0 Å². The molecule has 0 aliphatic carbocycles. The van der Waals surface area contributed by atoms with Gasteiger partial charge in [-0.3, -0.25) is 4.90 Å². The third-order valence-electron chi connectivity index (χ3n) is 4.43. The van der Waals surface area contributed by atoms with Crippen molar-refractivity contribution >= 4 is 11.6 Å². The normalized spacial score (nSPS) is 21.0. The van der Waals surface area contributed by atoms with Crippen LogP contribution in [0.15, 0.2) is 36.7 Å². The molecule has 1 N–H and O–H groups in total. The van der Waals surface area contributed by atoms with E-state index in [1.54, 1.807) is 6.20 Å². The number of aryl methyl sites for hydroxylation is 1. The summed E-state index contributed by atoms with van der Waals surface area (Å²) >= 11 is 5.94. The van der Waals surface area contributed by atoms with Gasteiger partial charge >= 0.3 is 0 Å². The molecule has 3 rings (SSSR count). The summed E-state index contributed by atoms with van der Waals surface area (Å²) in [5.41, 5.74) is 1.26. The van der Waals surface area contributed by atoms with E-state index in [0.717, 1.165) is 43.3 Å². The van der Waals surface area contributed by atoms with Crippen LogP contribution in [0.5, 0.6) is 0 Å². The van der Waals surface area contributed by atoms with Crippen molar-refractivity contribution in [1.82, 2.24) is 14.5 Å². The zero-order chi connectivity index (χ0) is 15.5. The molecule has 4 nitrogen and oxygen atoms in total. The van der Waals surface area contributed by atoms with Crippen LogP contribution in [0.25, 0.3) is 0 Å². The van der Waals surface area contributed by atoms with Gasteiger partial charge in [0, 0.05) is 43.5 Å². The molecule has 1 aliphatic rings. The van der Waals surface area contributed by atoms with Crippen LogP contribution >= 0.6 is 11.6 Å². The molecule has 1 saturated heterocycles. The summed E-state index contributed by atoms with van der Waals surface area (Å²) in [5, 5.41) is 11.4. The molecule has 5 heteroatoms. The summed E-state index contributed by atoms with van der Waals surface area (Å²) < 4.78 is 1.91. The van der Waals surface area contributed by atoms with Crippen LogP contribution in [-0.4, -0.2) is 32.6 Å². The fraction of sp³-hybridized carbons (Fsp3) is 0.471. The minimum absolute atomic E-state index is 0.238. The van der Waals surface area contributed by atoms with Crippen LogP contribution < -0.4 is 0 Å². The molecule has 0 saturated carbocycles. The first-order valence-electron chi connectivity index (χ1n) is 7.75. The molecule has 2 atom stereocenters. The number of hydrogen-bond donors (Lipinski definition) is 1. The first-order valence-corrected chi connectivity index (χ1v) is 8.13. The molecule has 1 aromatic carbocycles. The van der Waals surface area contributed by atoms with Crippen molar-refractivity contribution in [3.05, 3.63) is 53.1 Å². The van der Waals surface area contributed by atoms with Crippen LogP contribution in [0.4, 0.5) is 0 Å². The lowest BCUT2D eigenvalue weighted by molar-refractivity contribution is 0.0405. The number of likely N-dealkylation sites (tertiary alicyclic amines) is 1. The van der Waals surface area contributed by atoms with Crippen LogP contribution in [-0.2, 0) is 13.6 Å². The summed E-state index contributed by atoms with van der Waals surface area (Å²) in [5.74, 6) is 1.00. The highest BCUT2D eigenvalue weighted by molar-refractivity contribution is 6.30. The number of benzene rings is 1. The van der Waals surface area contributed by atoms with Crippen molar-refractivity contribution < 1.29 is 5.11 Å². The van der Waals surface area contributed by atoms with Crippen molar-refractivity contribution in [2.24, 2.45) is 13.0 Å². The van der Waals surface area contributed by atoms with Gasteiger partial charge < -0.3 is 9.67 Å². The Balaban J connectivity index is 1.64. The third kappa shape index (κ3) is 3.51. The van der Waals surface area contributed by atoms with Gasteiger partial charge in [-0.1, -0.05) is 23.7 Å². The van der Waals surface area contributed by atoms with Gasteiger partial charge in [-0.2, -0.15) is 0 Å². The molecule has 2 heterocycles. The second-order valence-corrected chi connectivity index (χ2v) is 6.54. The highest BCUT2D eigenvalue weighted by Crippen LogP contribution is 2.29. The molecule has 1 aromatic heterocycles. The number of nitrogens with zero attached hydrogens (tertiary/aromatic N) is 3. The Morgan fingerprint density at radius 1 is 1.36 bits per heavy atom. The van der Waals surface area contributed by atoms with Gasteiger partial charge in [0.1, 0.15) is 11.9 Å². The van der Waals surface area contributed by atoms with Gasteiger partial charge in [-0.25, -0.2) is 4.98 Å². The smallest absolute Gasteiger partial charge is 0.137 e. The maximum atomic E-state index is 10.6. The maximum Gasteiger partial charge on any atom is 0.137 e. The molecule has 0 spiro atoms. The molecule has 2 aromatic rings. The fourth-order valence-electron chi connectivity index (χ4n) is 3.21. The number of hydrogen-bond acceptors (Lipinski definition) is 3. The van der Waals surface area contributed by atoms with E-state index in [9.17, 15) is 5.11 Å². The molecule has 22 heavy (non-hydrogen) atoms. The van der Waals surface area contributed by atoms with Crippen molar-refractivity contribution in [1.29, 1.82) is 0 Å². The third-order valence-corrected chi connectivity index (χ3v) is 4.68. The summed E-state index contributed by atoms with van der Waals surface area (Å²) in [4.78, 5) is 6.70. The van der Waals surface area contributed by atoms with Gasteiger partial charge in [0.25, 0.3) is 0 Å². The summed E-state index contributed by atoms with van der Waals surface area (Å²) in [6.07, 6.45) is 5.29. The molecular weight excluding hydrogens is 298 g/mol. The molecule has 0 amide bonds. The maximum absolute atomic E-state index is 10.6. The molecule has 1 fully saturated rings. The van der Waals surface area contributed by atoms with E-state index in [1.807, 2.05) is 29.9 Å². The highest BCUT2D eigenvalue weighted by Gasteiger charge is 2.29. The zero-order valence-corrected chi connectivity index (χ0v) is 13.6.